The highest BCUT2D eigenvalue weighted by molar-refractivity contribution is 6.35. The van der Waals surface area contributed by atoms with Crippen molar-refractivity contribution in [3.05, 3.63) is 80.7 Å². The third kappa shape index (κ3) is 4.76. The molecule has 0 spiro atoms. The molecule has 0 aliphatic carbocycles. The predicted molar refractivity (Wildman–Crippen MR) is 108 cm³/mol. The molecule has 0 unspecified atom stereocenters. The fraction of sp³-hybridized carbons (Fsp3) is 0.150. The lowest BCUT2D eigenvalue weighted by Crippen LogP contribution is -2.30. The number of anilines is 1. The normalized spacial score (nSPS) is 10.6. The van der Waals surface area contributed by atoms with Crippen molar-refractivity contribution in [2.24, 2.45) is 0 Å². The number of nitrogens with one attached hydrogen (secondary N) is 1. The molecule has 1 aromatic heterocycles. The second-order valence-electron chi connectivity index (χ2n) is 5.92. The van der Waals surface area contributed by atoms with E-state index in [0.717, 1.165) is 5.56 Å². The lowest BCUT2D eigenvalue weighted by Gasteiger charge is -2.14. The molecule has 27 heavy (non-hydrogen) atoms. The average molecular weight is 402 g/mol. The lowest BCUT2D eigenvalue weighted by atomic mass is 10.2. The van der Waals surface area contributed by atoms with Gasteiger partial charge in [0.1, 0.15) is 12.4 Å². The molecule has 0 saturated heterocycles. The summed E-state index contributed by atoms with van der Waals surface area (Å²) < 4.78 is 1.36. The van der Waals surface area contributed by atoms with Gasteiger partial charge in [-0.15, -0.1) is 0 Å². The number of carbonyl (C=O) groups excluding carboxylic acids is 1. The van der Waals surface area contributed by atoms with Crippen LogP contribution in [0, 0.1) is 0 Å². The van der Waals surface area contributed by atoms with Crippen LogP contribution < -0.4 is 10.9 Å². The van der Waals surface area contributed by atoms with Crippen molar-refractivity contribution in [1.82, 2.24) is 9.55 Å². The minimum absolute atomic E-state index is 0.176. The van der Waals surface area contributed by atoms with Gasteiger partial charge in [0.05, 0.1) is 0 Å². The molecular formula is C20H17Cl2N3O2. The average Bonchev–Trinajstić information content (AvgIpc) is 2.63. The zero-order valence-electron chi connectivity index (χ0n) is 14.6. The highest BCUT2D eigenvalue weighted by Gasteiger charge is 2.14. The van der Waals surface area contributed by atoms with Gasteiger partial charge in [-0.25, -0.2) is 4.98 Å². The Balaban J connectivity index is 1.94. The van der Waals surface area contributed by atoms with Gasteiger partial charge in [0.2, 0.25) is 5.91 Å². The molecule has 0 atom stereocenters. The predicted octanol–water partition coefficient (Wildman–Crippen LogP) is 4.42. The van der Waals surface area contributed by atoms with Crippen LogP contribution in [0.3, 0.4) is 0 Å². The topological polar surface area (TPSA) is 64.0 Å². The fourth-order valence-electron chi connectivity index (χ4n) is 2.67. The van der Waals surface area contributed by atoms with Crippen molar-refractivity contribution in [3.8, 4) is 11.4 Å². The summed E-state index contributed by atoms with van der Waals surface area (Å²) in [4.78, 5) is 29.7. The van der Waals surface area contributed by atoms with Crippen molar-refractivity contribution in [2.45, 2.75) is 19.9 Å². The van der Waals surface area contributed by atoms with Crippen molar-refractivity contribution in [2.75, 3.05) is 5.32 Å². The molecule has 1 N–H and O–H groups in total. The summed E-state index contributed by atoms with van der Waals surface area (Å²) in [7, 11) is 0. The smallest absolute Gasteiger partial charge is 0.254 e. The molecule has 0 fully saturated rings. The van der Waals surface area contributed by atoms with Crippen LogP contribution in [-0.4, -0.2) is 15.5 Å². The Morgan fingerprint density at radius 3 is 2.37 bits per heavy atom. The third-order valence-corrected chi connectivity index (χ3v) is 4.34. The molecule has 5 nitrogen and oxygen atoms in total. The Labute approximate surface area is 166 Å². The van der Waals surface area contributed by atoms with Gasteiger partial charge in [-0.3, -0.25) is 14.2 Å². The number of benzene rings is 2. The maximum atomic E-state index is 12.6. The highest BCUT2D eigenvalue weighted by Crippen LogP contribution is 2.22. The zero-order chi connectivity index (χ0) is 19.4. The molecule has 138 valence electrons. The molecule has 0 radical (unpaired) electrons. The van der Waals surface area contributed by atoms with E-state index in [2.05, 4.69) is 10.3 Å². The molecule has 1 heterocycles. The van der Waals surface area contributed by atoms with Crippen LogP contribution in [0.5, 0.6) is 0 Å². The second-order valence-corrected chi connectivity index (χ2v) is 6.79. The van der Waals surface area contributed by atoms with Gasteiger partial charge in [-0.1, -0.05) is 60.5 Å². The van der Waals surface area contributed by atoms with Crippen LogP contribution in [0.1, 0.15) is 12.6 Å². The number of hydrogen-bond acceptors (Lipinski definition) is 3. The van der Waals surface area contributed by atoms with E-state index < -0.39 is 0 Å². The first kappa shape index (κ1) is 19.1. The molecule has 0 saturated carbocycles. The first-order valence-electron chi connectivity index (χ1n) is 8.38. The number of rotatable bonds is 5. The summed E-state index contributed by atoms with van der Waals surface area (Å²) in [5, 5.41) is 3.53. The number of aromatic nitrogens is 2. The van der Waals surface area contributed by atoms with E-state index in [1.54, 1.807) is 18.2 Å². The maximum Gasteiger partial charge on any atom is 0.254 e. The van der Waals surface area contributed by atoms with Gasteiger partial charge in [-0.2, -0.15) is 0 Å². The standard InChI is InChI=1S/C20H17Cl2N3O2/c1-2-16-11-19(27)25(20(24-16)13-6-4-3-5-7-13)12-18(26)23-17-9-14(21)8-15(22)10-17/h3-11H,2,12H2,1H3,(H,23,26). The van der Waals surface area contributed by atoms with E-state index in [-0.39, 0.29) is 18.0 Å². The Kier molecular flexibility index (Phi) is 5.94. The number of aryl methyl sites for hydroxylation is 1. The van der Waals surface area contributed by atoms with Crippen LogP contribution in [0.4, 0.5) is 5.69 Å². The summed E-state index contributed by atoms with van der Waals surface area (Å²) in [6, 6.07) is 15.5. The molecule has 3 rings (SSSR count). The van der Waals surface area contributed by atoms with Crippen LogP contribution >= 0.6 is 23.2 Å². The first-order valence-corrected chi connectivity index (χ1v) is 9.14. The summed E-state index contributed by atoms with van der Waals surface area (Å²) in [6.45, 7) is 1.75. The largest absolute Gasteiger partial charge is 0.324 e. The van der Waals surface area contributed by atoms with Gasteiger partial charge in [0.25, 0.3) is 5.56 Å². The van der Waals surface area contributed by atoms with E-state index in [1.807, 2.05) is 37.3 Å². The number of amides is 1. The van der Waals surface area contributed by atoms with E-state index >= 15 is 0 Å². The summed E-state index contributed by atoms with van der Waals surface area (Å²) >= 11 is 11.9. The van der Waals surface area contributed by atoms with Crippen LogP contribution in [0.25, 0.3) is 11.4 Å². The van der Waals surface area contributed by atoms with Crippen LogP contribution in [0.15, 0.2) is 59.4 Å². The molecule has 2 aromatic carbocycles. The number of hydrogen-bond donors (Lipinski definition) is 1. The maximum absolute atomic E-state index is 12.6. The van der Waals surface area contributed by atoms with Crippen molar-refractivity contribution < 1.29 is 4.79 Å². The highest BCUT2D eigenvalue weighted by atomic mass is 35.5. The fourth-order valence-corrected chi connectivity index (χ4v) is 3.19. The summed E-state index contributed by atoms with van der Waals surface area (Å²) in [6.07, 6.45) is 0.628. The lowest BCUT2D eigenvalue weighted by molar-refractivity contribution is -0.116. The molecule has 0 aliphatic rings. The van der Waals surface area contributed by atoms with Crippen LogP contribution in [-0.2, 0) is 17.8 Å². The van der Waals surface area contributed by atoms with E-state index in [4.69, 9.17) is 23.2 Å². The number of carbonyl (C=O) groups is 1. The monoisotopic (exact) mass is 401 g/mol. The van der Waals surface area contributed by atoms with Gasteiger partial charge in [0.15, 0.2) is 0 Å². The molecular weight excluding hydrogens is 385 g/mol. The third-order valence-electron chi connectivity index (χ3n) is 3.90. The van der Waals surface area contributed by atoms with Crippen molar-refractivity contribution >= 4 is 34.8 Å². The van der Waals surface area contributed by atoms with E-state index in [0.29, 0.717) is 33.7 Å². The minimum atomic E-state index is -0.376. The second kappa shape index (κ2) is 8.37. The Hall–Kier alpha value is -2.63. The van der Waals surface area contributed by atoms with Gasteiger partial charge in [0, 0.05) is 33.1 Å². The number of halogens is 2. The van der Waals surface area contributed by atoms with Gasteiger partial charge in [-0.05, 0) is 24.6 Å². The Morgan fingerprint density at radius 1 is 1.07 bits per heavy atom. The Bertz CT molecular complexity index is 1010. The summed E-state index contributed by atoms with van der Waals surface area (Å²) in [5.74, 6) is 0.0814. The quantitative estimate of drug-likeness (QED) is 0.687. The van der Waals surface area contributed by atoms with Gasteiger partial charge >= 0.3 is 0 Å². The molecule has 0 bridgehead atoms. The first-order chi connectivity index (χ1) is 13.0. The zero-order valence-corrected chi connectivity index (χ0v) is 16.1. The van der Waals surface area contributed by atoms with Crippen LogP contribution in [0.2, 0.25) is 10.0 Å². The van der Waals surface area contributed by atoms with E-state index in [1.165, 1.54) is 10.6 Å². The SMILES string of the molecule is CCc1cc(=O)n(CC(=O)Nc2cc(Cl)cc(Cl)c2)c(-c2ccccc2)n1. The van der Waals surface area contributed by atoms with Crippen molar-refractivity contribution in [3.63, 3.8) is 0 Å². The van der Waals surface area contributed by atoms with E-state index in [9.17, 15) is 9.59 Å². The molecule has 3 aromatic rings. The summed E-state index contributed by atoms with van der Waals surface area (Å²) in [5.41, 5.74) is 1.63. The minimum Gasteiger partial charge on any atom is -0.324 e. The molecule has 7 heteroatoms. The molecule has 1 amide bonds. The number of nitrogens with zero attached hydrogens (tertiary/aromatic N) is 2. The molecule has 0 aliphatic heterocycles. The Morgan fingerprint density at radius 2 is 1.74 bits per heavy atom. The van der Waals surface area contributed by atoms with Gasteiger partial charge < -0.3 is 5.32 Å². The van der Waals surface area contributed by atoms with Crippen molar-refractivity contribution in [1.29, 1.82) is 0 Å².